The maximum Gasteiger partial charge on any atom is 0.319 e. The molecule has 0 bridgehead atoms. The van der Waals surface area contributed by atoms with Gasteiger partial charge < -0.3 is 15.4 Å². The molecule has 2 N–H and O–H groups in total. The quantitative estimate of drug-likeness (QED) is 0.882. The molecule has 0 radical (unpaired) electrons. The Labute approximate surface area is 136 Å². The van der Waals surface area contributed by atoms with E-state index in [9.17, 15) is 13.4 Å². The Morgan fingerprint density at radius 1 is 1.22 bits per heavy atom. The number of rotatable bonds is 5. The number of anilines is 1. The lowest BCUT2D eigenvalue weighted by Crippen LogP contribution is -2.28. The molecule has 2 aromatic carbocycles. The molecule has 2 amide bonds. The van der Waals surface area contributed by atoms with Crippen LogP contribution in [0.25, 0.3) is 0 Å². The number of hydrogen-bond donors (Lipinski definition) is 2. The number of urea groups is 1. The predicted molar refractivity (Wildman–Crippen MR) is 87.6 cm³/mol. The average molecular weight is 336 g/mol. The maximum absolute atomic E-state index is 13.4. The van der Waals surface area contributed by atoms with Gasteiger partial charge in [0.25, 0.3) is 0 Å². The Morgan fingerprint density at radius 2 is 1.91 bits per heavy atom. The molecule has 23 heavy (non-hydrogen) atoms. The maximum atomic E-state index is 13.4. The third-order valence-corrected chi connectivity index (χ3v) is 4.00. The predicted octanol–water partition coefficient (Wildman–Crippen LogP) is 2.89. The van der Waals surface area contributed by atoms with Crippen molar-refractivity contribution in [1.82, 2.24) is 5.32 Å². The van der Waals surface area contributed by atoms with Crippen LogP contribution in [0.4, 0.5) is 14.9 Å². The Hall–Kier alpha value is -2.41. The van der Waals surface area contributed by atoms with Crippen LogP contribution in [0.5, 0.6) is 5.75 Å². The van der Waals surface area contributed by atoms with Crippen molar-refractivity contribution in [2.45, 2.75) is 11.4 Å². The van der Waals surface area contributed by atoms with Crippen LogP contribution in [-0.4, -0.2) is 23.6 Å². The van der Waals surface area contributed by atoms with E-state index in [1.54, 1.807) is 36.6 Å². The normalized spacial score (nSPS) is 11.6. The first-order valence-electron chi connectivity index (χ1n) is 6.80. The number of methoxy groups -OCH3 is 1. The highest BCUT2D eigenvalue weighted by atomic mass is 32.2. The van der Waals surface area contributed by atoms with Crippen LogP contribution >= 0.6 is 0 Å². The summed E-state index contributed by atoms with van der Waals surface area (Å²) in [5.74, 6) is -0.0323. The van der Waals surface area contributed by atoms with E-state index >= 15 is 0 Å². The van der Waals surface area contributed by atoms with Crippen LogP contribution in [0.2, 0.25) is 0 Å². The van der Waals surface area contributed by atoms with Crippen molar-refractivity contribution < 1.29 is 18.1 Å². The lowest BCUT2D eigenvalue weighted by atomic mass is 10.2. The highest BCUT2D eigenvalue weighted by Crippen LogP contribution is 2.16. The average Bonchev–Trinajstić information content (AvgIpc) is 2.53. The fraction of sp³-hybridized carbons (Fsp3) is 0.188. The van der Waals surface area contributed by atoms with Crippen LogP contribution < -0.4 is 15.4 Å². The smallest absolute Gasteiger partial charge is 0.319 e. The summed E-state index contributed by atoms with van der Waals surface area (Å²) < 4.78 is 29.6. The molecule has 5 nitrogen and oxygen atoms in total. The highest BCUT2D eigenvalue weighted by molar-refractivity contribution is 7.84. The molecule has 2 aromatic rings. The molecule has 0 aliphatic rings. The summed E-state index contributed by atoms with van der Waals surface area (Å²) in [4.78, 5) is 12.5. The second-order valence-corrected chi connectivity index (χ2v) is 6.17. The van der Waals surface area contributed by atoms with E-state index < -0.39 is 22.6 Å². The lowest BCUT2D eigenvalue weighted by molar-refractivity contribution is 0.251. The SMILES string of the molecule is COc1cc(F)cc(CNC(=O)Nc2ccc(S(C)=O)cc2)c1. The molecular formula is C16H17FN2O3S. The van der Waals surface area contributed by atoms with Gasteiger partial charge in [0, 0.05) is 40.2 Å². The Bertz CT molecular complexity index is 720. The third-order valence-electron chi connectivity index (χ3n) is 3.06. The second-order valence-electron chi connectivity index (χ2n) is 4.79. The zero-order valence-corrected chi connectivity index (χ0v) is 13.6. The van der Waals surface area contributed by atoms with Gasteiger partial charge in [0.2, 0.25) is 0 Å². The van der Waals surface area contributed by atoms with Gasteiger partial charge in [-0.1, -0.05) is 0 Å². The van der Waals surface area contributed by atoms with Gasteiger partial charge in [0.15, 0.2) is 0 Å². The number of amides is 2. The molecule has 1 unspecified atom stereocenters. The molecule has 1 atom stereocenters. The van der Waals surface area contributed by atoms with Crippen molar-refractivity contribution in [2.75, 3.05) is 18.7 Å². The minimum absolute atomic E-state index is 0.164. The van der Waals surface area contributed by atoms with Crippen molar-refractivity contribution in [3.05, 3.63) is 53.8 Å². The van der Waals surface area contributed by atoms with Gasteiger partial charge in [0.1, 0.15) is 11.6 Å². The number of benzene rings is 2. The molecule has 0 spiro atoms. The molecule has 0 fully saturated rings. The number of hydrogen-bond acceptors (Lipinski definition) is 3. The highest BCUT2D eigenvalue weighted by Gasteiger charge is 2.05. The van der Waals surface area contributed by atoms with Crippen molar-refractivity contribution in [3.8, 4) is 5.75 Å². The summed E-state index contributed by atoms with van der Waals surface area (Å²) in [5.41, 5.74) is 1.17. The summed E-state index contributed by atoms with van der Waals surface area (Å²) in [5, 5.41) is 5.28. The van der Waals surface area contributed by atoms with Crippen molar-refractivity contribution in [1.29, 1.82) is 0 Å². The number of carbonyl (C=O) groups excluding carboxylic acids is 1. The standard InChI is InChI=1S/C16H17FN2O3S/c1-22-14-8-11(7-12(17)9-14)10-18-16(20)19-13-3-5-15(6-4-13)23(2)21/h3-9H,10H2,1-2H3,(H2,18,19,20). The fourth-order valence-electron chi connectivity index (χ4n) is 1.93. The first-order chi connectivity index (χ1) is 11.0. The van der Waals surface area contributed by atoms with E-state index in [1.165, 1.54) is 19.2 Å². The fourth-order valence-corrected chi connectivity index (χ4v) is 2.45. The van der Waals surface area contributed by atoms with Gasteiger partial charge >= 0.3 is 6.03 Å². The zero-order chi connectivity index (χ0) is 16.8. The molecule has 2 rings (SSSR count). The summed E-state index contributed by atoms with van der Waals surface area (Å²) in [6.07, 6.45) is 1.59. The monoisotopic (exact) mass is 336 g/mol. The van der Waals surface area contributed by atoms with Gasteiger partial charge in [-0.15, -0.1) is 0 Å². The molecule has 0 saturated heterocycles. The first-order valence-corrected chi connectivity index (χ1v) is 8.35. The number of carbonyl (C=O) groups is 1. The van der Waals surface area contributed by atoms with Crippen LogP contribution in [-0.2, 0) is 17.3 Å². The third kappa shape index (κ3) is 5.07. The number of halogens is 1. The van der Waals surface area contributed by atoms with Gasteiger partial charge in [-0.25, -0.2) is 9.18 Å². The minimum Gasteiger partial charge on any atom is -0.497 e. The van der Waals surface area contributed by atoms with E-state index in [-0.39, 0.29) is 6.54 Å². The van der Waals surface area contributed by atoms with E-state index in [2.05, 4.69) is 10.6 Å². The van der Waals surface area contributed by atoms with Crippen molar-refractivity contribution in [3.63, 3.8) is 0 Å². The number of nitrogens with one attached hydrogen (secondary N) is 2. The van der Waals surface area contributed by atoms with Gasteiger partial charge in [0.05, 0.1) is 7.11 Å². The summed E-state index contributed by atoms with van der Waals surface area (Å²) in [6, 6.07) is 10.5. The van der Waals surface area contributed by atoms with Crippen molar-refractivity contribution >= 4 is 22.5 Å². The Balaban J connectivity index is 1.92. The van der Waals surface area contributed by atoms with E-state index in [0.29, 0.717) is 21.9 Å². The van der Waals surface area contributed by atoms with E-state index in [1.807, 2.05) is 0 Å². The Morgan fingerprint density at radius 3 is 2.52 bits per heavy atom. The molecule has 7 heteroatoms. The molecule has 122 valence electrons. The van der Waals surface area contributed by atoms with E-state index in [0.717, 1.165) is 0 Å². The number of ether oxygens (including phenoxy) is 1. The second kappa shape index (κ2) is 7.73. The molecule has 0 heterocycles. The van der Waals surface area contributed by atoms with Crippen LogP contribution in [0.15, 0.2) is 47.4 Å². The van der Waals surface area contributed by atoms with Crippen molar-refractivity contribution in [2.24, 2.45) is 0 Å². The summed E-state index contributed by atoms with van der Waals surface area (Å²) in [6.45, 7) is 0.164. The van der Waals surface area contributed by atoms with Gasteiger partial charge in [-0.3, -0.25) is 4.21 Å². The van der Waals surface area contributed by atoms with Gasteiger partial charge in [-0.05, 0) is 42.0 Å². The van der Waals surface area contributed by atoms with Gasteiger partial charge in [-0.2, -0.15) is 0 Å². The van der Waals surface area contributed by atoms with Crippen LogP contribution in [0.1, 0.15) is 5.56 Å². The largest absolute Gasteiger partial charge is 0.497 e. The molecular weight excluding hydrogens is 319 g/mol. The molecule has 0 aromatic heterocycles. The Kier molecular flexibility index (Phi) is 5.70. The topological polar surface area (TPSA) is 67.4 Å². The molecule has 0 aliphatic heterocycles. The summed E-state index contributed by atoms with van der Waals surface area (Å²) in [7, 11) is 0.391. The molecule has 0 aliphatic carbocycles. The van der Waals surface area contributed by atoms with E-state index in [4.69, 9.17) is 4.74 Å². The zero-order valence-electron chi connectivity index (χ0n) is 12.8. The first kappa shape index (κ1) is 17.0. The molecule has 0 saturated carbocycles. The lowest BCUT2D eigenvalue weighted by Gasteiger charge is -2.09. The van der Waals surface area contributed by atoms with Crippen LogP contribution in [0.3, 0.4) is 0 Å². The minimum atomic E-state index is -1.06. The van der Waals surface area contributed by atoms with Crippen LogP contribution in [0, 0.1) is 5.82 Å². The summed E-state index contributed by atoms with van der Waals surface area (Å²) >= 11 is 0.